The van der Waals surface area contributed by atoms with Crippen molar-refractivity contribution < 1.29 is 22.8 Å². The first-order valence-corrected chi connectivity index (χ1v) is 9.90. The van der Waals surface area contributed by atoms with E-state index in [1.807, 2.05) is 26.0 Å². The van der Waals surface area contributed by atoms with E-state index in [-0.39, 0.29) is 24.9 Å². The van der Waals surface area contributed by atoms with Gasteiger partial charge in [-0.3, -0.25) is 9.59 Å². The molecule has 2 amide bonds. The van der Waals surface area contributed by atoms with Crippen molar-refractivity contribution in [2.45, 2.75) is 25.9 Å². The normalized spacial score (nSPS) is 19.1. The lowest BCUT2D eigenvalue weighted by atomic mass is 9.87. The first-order valence-electron chi connectivity index (χ1n) is 9.90. The molecule has 0 aromatic heterocycles. The van der Waals surface area contributed by atoms with Crippen molar-refractivity contribution in [2.24, 2.45) is 5.92 Å². The molecule has 0 N–H and O–H groups in total. The molecule has 2 atom stereocenters. The Bertz CT molecular complexity index is 925. The largest absolute Gasteiger partial charge is 0.416 e. The number of rotatable bonds is 4. The number of likely N-dealkylation sites (tertiary alicyclic amines) is 1. The minimum absolute atomic E-state index is 0.167. The van der Waals surface area contributed by atoms with Gasteiger partial charge in [0.2, 0.25) is 5.91 Å². The molecular formula is C23H25F3N2O2. The fourth-order valence-electron chi connectivity index (χ4n) is 3.82. The first kappa shape index (κ1) is 21.9. The topological polar surface area (TPSA) is 40.6 Å². The van der Waals surface area contributed by atoms with Crippen LogP contribution in [0.1, 0.15) is 39.9 Å². The van der Waals surface area contributed by atoms with Crippen molar-refractivity contribution in [3.8, 4) is 0 Å². The first-order chi connectivity index (χ1) is 14.1. The van der Waals surface area contributed by atoms with Crippen LogP contribution < -0.4 is 0 Å². The Hall–Kier alpha value is -2.83. The lowest BCUT2D eigenvalue weighted by Gasteiger charge is -2.23. The van der Waals surface area contributed by atoms with Crippen LogP contribution in [0, 0.1) is 12.8 Å². The molecule has 0 unspecified atom stereocenters. The van der Waals surface area contributed by atoms with Gasteiger partial charge in [0.1, 0.15) is 0 Å². The van der Waals surface area contributed by atoms with Gasteiger partial charge in [0.25, 0.3) is 5.91 Å². The quantitative estimate of drug-likeness (QED) is 0.741. The number of halogens is 3. The van der Waals surface area contributed by atoms with Gasteiger partial charge in [-0.05, 0) is 37.6 Å². The Labute approximate surface area is 174 Å². The molecule has 1 aliphatic rings. The maximum absolute atomic E-state index is 13.2. The van der Waals surface area contributed by atoms with Crippen LogP contribution in [-0.4, -0.2) is 48.3 Å². The zero-order valence-corrected chi connectivity index (χ0v) is 17.2. The van der Waals surface area contributed by atoms with Crippen LogP contribution in [0.25, 0.3) is 0 Å². The van der Waals surface area contributed by atoms with Crippen LogP contribution in [0.2, 0.25) is 0 Å². The Morgan fingerprint density at radius 3 is 2.37 bits per heavy atom. The van der Waals surface area contributed by atoms with E-state index in [1.54, 1.807) is 35.0 Å². The predicted molar refractivity (Wildman–Crippen MR) is 108 cm³/mol. The van der Waals surface area contributed by atoms with E-state index in [9.17, 15) is 22.8 Å². The van der Waals surface area contributed by atoms with E-state index in [1.165, 1.54) is 6.07 Å². The van der Waals surface area contributed by atoms with Gasteiger partial charge in [-0.2, -0.15) is 13.2 Å². The molecule has 0 saturated carbocycles. The third kappa shape index (κ3) is 4.50. The summed E-state index contributed by atoms with van der Waals surface area (Å²) in [7, 11) is 1.66. The summed E-state index contributed by atoms with van der Waals surface area (Å²) >= 11 is 0. The molecule has 0 radical (unpaired) electrons. The monoisotopic (exact) mass is 418 g/mol. The van der Waals surface area contributed by atoms with Crippen molar-refractivity contribution in [1.82, 2.24) is 9.80 Å². The maximum atomic E-state index is 13.2. The van der Waals surface area contributed by atoms with Crippen LogP contribution in [0.5, 0.6) is 0 Å². The van der Waals surface area contributed by atoms with Crippen molar-refractivity contribution in [1.29, 1.82) is 0 Å². The lowest BCUT2D eigenvalue weighted by molar-refractivity contribution is -0.137. The molecule has 3 rings (SSSR count). The van der Waals surface area contributed by atoms with Crippen molar-refractivity contribution in [3.05, 3.63) is 70.8 Å². The summed E-state index contributed by atoms with van der Waals surface area (Å²) in [6.07, 6.45) is -4.47. The number of benzene rings is 2. The molecule has 160 valence electrons. The average Bonchev–Trinajstić information content (AvgIpc) is 3.17. The fourth-order valence-corrected chi connectivity index (χ4v) is 3.82. The number of alkyl halides is 3. The number of nitrogens with zero attached hydrogens (tertiary/aromatic N) is 2. The Morgan fingerprint density at radius 2 is 1.77 bits per heavy atom. The number of amides is 2. The summed E-state index contributed by atoms with van der Waals surface area (Å²) in [5.74, 6) is -1.48. The highest BCUT2D eigenvalue weighted by molar-refractivity contribution is 5.95. The van der Waals surface area contributed by atoms with Crippen LogP contribution in [-0.2, 0) is 11.0 Å². The molecule has 2 aromatic carbocycles. The molecule has 7 heteroatoms. The molecule has 0 bridgehead atoms. The van der Waals surface area contributed by atoms with Gasteiger partial charge in [-0.25, -0.2) is 0 Å². The maximum Gasteiger partial charge on any atom is 0.416 e. The minimum Gasteiger partial charge on any atom is -0.346 e. The van der Waals surface area contributed by atoms with Gasteiger partial charge in [0.15, 0.2) is 0 Å². The average molecular weight is 418 g/mol. The van der Waals surface area contributed by atoms with E-state index < -0.39 is 23.6 Å². The Kier molecular flexibility index (Phi) is 6.19. The predicted octanol–water partition coefficient (Wildman–Crippen LogP) is 4.35. The smallest absolute Gasteiger partial charge is 0.346 e. The molecule has 0 aliphatic carbocycles. The molecule has 1 saturated heterocycles. The molecule has 30 heavy (non-hydrogen) atoms. The van der Waals surface area contributed by atoms with Gasteiger partial charge in [0.05, 0.1) is 11.5 Å². The lowest BCUT2D eigenvalue weighted by Crippen LogP contribution is -2.37. The molecule has 1 heterocycles. The van der Waals surface area contributed by atoms with Gasteiger partial charge in [-0.1, -0.05) is 35.9 Å². The highest BCUT2D eigenvalue weighted by atomic mass is 19.4. The molecule has 1 fully saturated rings. The molecular weight excluding hydrogens is 393 g/mol. The van der Waals surface area contributed by atoms with E-state index in [0.29, 0.717) is 17.7 Å². The standard InChI is InChI=1S/C23H25F3N2O2/c1-4-27(3)22(30)20-14-28(21(29)16-10-8-15(2)9-11-16)13-19(20)17-6-5-7-18(12-17)23(24,25)26/h5-12,19-20H,4,13-14H2,1-3H3/t19-,20+/m1/s1. The van der Waals surface area contributed by atoms with Gasteiger partial charge in [0, 0.05) is 38.2 Å². The second-order valence-electron chi connectivity index (χ2n) is 7.76. The third-order valence-electron chi connectivity index (χ3n) is 5.72. The summed E-state index contributed by atoms with van der Waals surface area (Å²) in [4.78, 5) is 29.1. The van der Waals surface area contributed by atoms with E-state index in [4.69, 9.17) is 0 Å². The Balaban J connectivity index is 1.94. The van der Waals surface area contributed by atoms with E-state index >= 15 is 0 Å². The van der Waals surface area contributed by atoms with Crippen LogP contribution >= 0.6 is 0 Å². The molecule has 1 aliphatic heterocycles. The number of hydrogen-bond acceptors (Lipinski definition) is 2. The number of hydrogen-bond donors (Lipinski definition) is 0. The van der Waals surface area contributed by atoms with Gasteiger partial charge < -0.3 is 9.80 Å². The van der Waals surface area contributed by atoms with E-state index in [2.05, 4.69) is 0 Å². The van der Waals surface area contributed by atoms with Gasteiger partial charge >= 0.3 is 6.18 Å². The summed E-state index contributed by atoms with van der Waals surface area (Å²) in [5, 5.41) is 0. The zero-order valence-electron chi connectivity index (χ0n) is 17.2. The second-order valence-corrected chi connectivity index (χ2v) is 7.76. The summed E-state index contributed by atoms with van der Waals surface area (Å²) in [6, 6.07) is 12.2. The highest BCUT2D eigenvalue weighted by Crippen LogP contribution is 2.37. The Morgan fingerprint density at radius 1 is 1.10 bits per heavy atom. The van der Waals surface area contributed by atoms with Crippen molar-refractivity contribution in [2.75, 3.05) is 26.7 Å². The molecule has 0 spiro atoms. The minimum atomic E-state index is -4.47. The number of aryl methyl sites for hydroxylation is 1. The number of carbonyl (C=O) groups is 2. The number of carbonyl (C=O) groups excluding carboxylic acids is 2. The SMILES string of the molecule is CCN(C)C(=O)[C@H]1CN(C(=O)c2ccc(C)cc2)C[C@@H]1c1cccc(C(F)(F)F)c1. The van der Waals surface area contributed by atoms with Gasteiger partial charge in [-0.15, -0.1) is 0 Å². The van der Waals surface area contributed by atoms with Crippen LogP contribution in [0.15, 0.2) is 48.5 Å². The zero-order chi connectivity index (χ0) is 22.1. The fraction of sp³-hybridized carbons (Fsp3) is 0.391. The third-order valence-corrected chi connectivity index (χ3v) is 5.72. The molecule has 4 nitrogen and oxygen atoms in total. The van der Waals surface area contributed by atoms with Crippen LogP contribution in [0.4, 0.5) is 13.2 Å². The molecule has 2 aromatic rings. The summed E-state index contributed by atoms with van der Waals surface area (Å²) in [6.45, 7) is 4.61. The highest BCUT2D eigenvalue weighted by Gasteiger charge is 2.42. The second kappa shape index (κ2) is 8.50. The van der Waals surface area contributed by atoms with Crippen LogP contribution in [0.3, 0.4) is 0 Å². The van der Waals surface area contributed by atoms with Crippen molar-refractivity contribution >= 4 is 11.8 Å². The van der Waals surface area contributed by atoms with E-state index in [0.717, 1.165) is 17.7 Å². The summed E-state index contributed by atoms with van der Waals surface area (Å²) < 4.78 is 39.6. The van der Waals surface area contributed by atoms with Crippen molar-refractivity contribution in [3.63, 3.8) is 0 Å². The summed E-state index contributed by atoms with van der Waals surface area (Å²) in [5.41, 5.74) is 1.19.